The third-order valence-electron chi connectivity index (χ3n) is 1.87. The molecule has 0 fully saturated rings. The van der Waals surface area contributed by atoms with E-state index in [4.69, 9.17) is 18.0 Å². The van der Waals surface area contributed by atoms with Gasteiger partial charge >= 0.3 is 0 Å². The number of anilines is 1. The fourth-order valence-electron chi connectivity index (χ4n) is 1.06. The Balaban J connectivity index is 2.82. The van der Waals surface area contributed by atoms with Gasteiger partial charge in [-0.15, -0.1) is 6.42 Å². The molecule has 1 unspecified atom stereocenters. The lowest BCUT2D eigenvalue weighted by Gasteiger charge is -2.13. The summed E-state index contributed by atoms with van der Waals surface area (Å²) in [6, 6.07) is 5.71. The van der Waals surface area contributed by atoms with Crippen molar-refractivity contribution in [1.82, 2.24) is 0 Å². The van der Waals surface area contributed by atoms with Gasteiger partial charge in [-0.05, 0) is 24.6 Å². The zero-order valence-electron chi connectivity index (χ0n) is 7.85. The lowest BCUT2D eigenvalue weighted by Crippen LogP contribution is -2.15. The Morgan fingerprint density at radius 1 is 1.64 bits per heavy atom. The Morgan fingerprint density at radius 3 is 2.86 bits per heavy atom. The highest BCUT2D eigenvalue weighted by atomic mass is 79.9. The van der Waals surface area contributed by atoms with Gasteiger partial charge in [0.25, 0.3) is 0 Å². The maximum absolute atomic E-state index is 6.03. The van der Waals surface area contributed by atoms with Crippen molar-refractivity contribution in [2.24, 2.45) is 0 Å². The van der Waals surface area contributed by atoms with Crippen molar-refractivity contribution in [3.63, 3.8) is 0 Å². The predicted octanol–water partition coefficient (Wildman–Crippen LogP) is 3.93. The lowest BCUT2D eigenvalue weighted by molar-refractivity contribution is 0.858. The first-order valence-electron chi connectivity index (χ1n) is 4.35. The average molecular weight is 273 g/mol. The number of hydrogen-bond acceptors (Lipinski definition) is 1. The third kappa shape index (κ3) is 2.94. The first kappa shape index (κ1) is 11.4. The molecule has 1 aromatic carbocycles. The molecule has 0 amide bonds. The van der Waals surface area contributed by atoms with Gasteiger partial charge < -0.3 is 5.32 Å². The Kier molecular flexibility index (Phi) is 4.31. The second-order valence-corrected chi connectivity index (χ2v) is 4.22. The summed E-state index contributed by atoms with van der Waals surface area (Å²) in [5.74, 6) is 2.66. The van der Waals surface area contributed by atoms with Gasteiger partial charge in [0.15, 0.2) is 0 Å². The van der Waals surface area contributed by atoms with E-state index in [-0.39, 0.29) is 6.04 Å². The summed E-state index contributed by atoms with van der Waals surface area (Å²) in [5.41, 5.74) is 0.875. The van der Waals surface area contributed by atoms with Crippen LogP contribution in [-0.4, -0.2) is 6.04 Å². The number of rotatable bonds is 3. The van der Waals surface area contributed by atoms with Gasteiger partial charge in [-0.25, -0.2) is 0 Å². The summed E-state index contributed by atoms with van der Waals surface area (Å²) in [4.78, 5) is 0. The van der Waals surface area contributed by atoms with Crippen LogP contribution in [0, 0.1) is 12.3 Å². The van der Waals surface area contributed by atoms with Gasteiger partial charge in [-0.1, -0.05) is 40.4 Å². The quantitative estimate of drug-likeness (QED) is 0.822. The topological polar surface area (TPSA) is 12.0 Å². The van der Waals surface area contributed by atoms with Crippen molar-refractivity contribution in [2.75, 3.05) is 5.32 Å². The van der Waals surface area contributed by atoms with Crippen LogP contribution in [0.3, 0.4) is 0 Å². The van der Waals surface area contributed by atoms with Gasteiger partial charge in [-0.2, -0.15) is 0 Å². The van der Waals surface area contributed by atoms with E-state index in [9.17, 15) is 0 Å². The monoisotopic (exact) mass is 271 g/mol. The molecule has 1 rings (SSSR count). The minimum Gasteiger partial charge on any atom is -0.370 e. The van der Waals surface area contributed by atoms with Crippen LogP contribution < -0.4 is 5.32 Å². The van der Waals surface area contributed by atoms with Crippen molar-refractivity contribution in [3.8, 4) is 12.3 Å². The average Bonchev–Trinajstić information content (AvgIpc) is 2.17. The number of halogens is 2. The van der Waals surface area contributed by atoms with Gasteiger partial charge in [0.05, 0.1) is 16.8 Å². The summed E-state index contributed by atoms with van der Waals surface area (Å²) in [5, 5.41) is 3.86. The molecule has 1 N–H and O–H groups in total. The van der Waals surface area contributed by atoms with Crippen LogP contribution in [-0.2, 0) is 0 Å². The Hall–Kier alpha value is -0.650. The summed E-state index contributed by atoms with van der Waals surface area (Å²) in [6.45, 7) is 2.03. The van der Waals surface area contributed by atoms with Crippen LogP contribution in [0.5, 0.6) is 0 Å². The van der Waals surface area contributed by atoms with Crippen molar-refractivity contribution in [2.45, 2.75) is 19.4 Å². The molecule has 3 heteroatoms. The number of terminal acetylenes is 1. The number of nitrogens with one attached hydrogen (secondary N) is 1. The van der Waals surface area contributed by atoms with Gasteiger partial charge in [0.2, 0.25) is 0 Å². The van der Waals surface area contributed by atoms with E-state index in [2.05, 4.69) is 27.2 Å². The largest absolute Gasteiger partial charge is 0.370 e. The summed E-state index contributed by atoms with van der Waals surface area (Å²) < 4.78 is 0.960. The Labute approximate surface area is 98.0 Å². The minimum atomic E-state index is 0.0358. The molecule has 0 saturated carbocycles. The maximum atomic E-state index is 6.03. The SMILES string of the molecule is C#CC(CC)Nc1ccc(Br)cc1Cl. The van der Waals surface area contributed by atoms with Crippen molar-refractivity contribution >= 4 is 33.2 Å². The highest BCUT2D eigenvalue weighted by molar-refractivity contribution is 9.10. The molecule has 14 heavy (non-hydrogen) atoms. The molecule has 0 aliphatic heterocycles. The highest BCUT2D eigenvalue weighted by Gasteiger charge is 2.05. The molecule has 1 nitrogen and oxygen atoms in total. The molecule has 1 atom stereocenters. The fraction of sp³-hybridized carbons (Fsp3) is 0.273. The van der Waals surface area contributed by atoms with E-state index >= 15 is 0 Å². The molecule has 0 aliphatic rings. The molecule has 74 valence electrons. The normalized spacial score (nSPS) is 11.9. The number of hydrogen-bond donors (Lipinski definition) is 1. The zero-order valence-corrected chi connectivity index (χ0v) is 10.2. The van der Waals surface area contributed by atoms with E-state index in [1.807, 2.05) is 25.1 Å². The maximum Gasteiger partial charge on any atom is 0.0872 e. The van der Waals surface area contributed by atoms with Gasteiger partial charge in [-0.3, -0.25) is 0 Å². The van der Waals surface area contributed by atoms with E-state index in [0.29, 0.717) is 5.02 Å². The Morgan fingerprint density at radius 2 is 2.36 bits per heavy atom. The summed E-state index contributed by atoms with van der Waals surface area (Å²) >= 11 is 9.37. The van der Waals surface area contributed by atoms with Crippen LogP contribution in [0.4, 0.5) is 5.69 Å². The minimum absolute atomic E-state index is 0.0358. The predicted molar refractivity (Wildman–Crippen MR) is 65.7 cm³/mol. The van der Waals surface area contributed by atoms with Crippen molar-refractivity contribution in [3.05, 3.63) is 27.7 Å². The molecular formula is C11H11BrClN. The molecule has 1 aromatic rings. The van der Waals surface area contributed by atoms with E-state index in [1.165, 1.54) is 0 Å². The second kappa shape index (κ2) is 5.29. The molecule has 0 aromatic heterocycles. The highest BCUT2D eigenvalue weighted by Crippen LogP contribution is 2.26. The first-order chi connectivity index (χ1) is 6.67. The van der Waals surface area contributed by atoms with Gasteiger partial charge in [0.1, 0.15) is 0 Å². The molecule has 0 bridgehead atoms. The first-order valence-corrected chi connectivity index (χ1v) is 5.52. The fourth-order valence-corrected chi connectivity index (χ4v) is 1.78. The standard InChI is InChI=1S/C11H11BrClN/c1-3-9(4-2)14-11-6-5-8(12)7-10(11)13/h1,5-7,9,14H,4H2,2H3. The van der Waals surface area contributed by atoms with Gasteiger partial charge in [0, 0.05) is 4.47 Å². The van der Waals surface area contributed by atoms with E-state index in [1.54, 1.807) is 0 Å². The molecular weight excluding hydrogens is 261 g/mol. The molecule has 0 spiro atoms. The van der Waals surface area contributed by atoms with Crippen molar-refractivity contribution < 1.29 is 0 Å². The summed E-state index contributed by atoms with van der Waals surface area (Å²) in [6.07, 6.45) is 6.22. The Bertz CT molecular complexity index is 357. The molecule has 0 radical (unpaired) electrons. The van der Waals surface area contributed by atoms with Crippen molar-refractivity contribution in [1.29, 1.82) is 0 Å². The van der Waals surface area contributed by atoms with Crippen LogP contribution in [0.15, 0.2) is 22.7 Å². The number of benzene rings is 1. The smallest absolute Gasteiger partial charge is 0.0872 e. The second-order valence-electron chi connectivity index (χ2n) is 2.90. The zero-order chi connectivity index (χ0) is 10.6. The van der Waals surface area contributed by atoms with Crippen LogP contribution >= 0.6 is 27.5 Å². The molecule has 0 heterocycles. The van der Waals surface area contributed by atoms with E-state index in [0.717, 1.165) is 16.6 Å². The lowest BCUT2D eigenvalue weighted by atomic mass is 10.2. The third-order valence-corrected chi connectivity index (χ3v) is 2.68. The van der Waals surface area contributed by atoms with Crippen LogP contribution in [0.2, 0.25) is 5.02 Å². The van der Waals surface area contributed by atoms with Crippen LogP contribution in [0.25, 0.3) is 0 Å². The van der Waals surface area contributed by atoms with E-state index < -0.39 is 0 Å². The summed E-state index contributed by atoms with van der Waals surface area (Å²) in [7, 11) is 0. The molecule has 0 saturated heterocycles. The molecule has 0 aliphatic carbocycles. The van der Waals surface area contributed by atoms with Crippen LogP contribution in [0.1, 0.15) is 13.3 Å².